The first-order valence-corrected chi connectivity index (χ1v) is 13.0. The number of aliphatic imine (C=N–C) groups is 1. The molecule has 0 heterocycles. The maximum atomic E-state index is 14.9. The van der Waals surface area contributed by atoms with Gasteiger partial charge in [-0.3, -0.25) is 9.79 Å². The van der Waals surface area contributed by atoms with Crippen LogP contribution in [0, 0.1) is 17.5 Å². The number of amidine groups is 1. The number of carbonyl (C=O) groups excluding carboxylic acids is 1. The first-order valence-electron chi connectivity index (χ1n) is 13.0. The van der Waals surface area contributed by atoms with Crippen molar-refractivity contribution in [3.05, 3.63) is 125 Å². The summed E-state index contributed by atoms with van der Waals surface area (Å²) < 4.78 is 41.2. The summed E-state index contributed by atoms with van der Waals surface area (Å²) in [6.45, 7) is 2.36. The Bertz CT molecular complexity index is 1550. The lowest BCUT2D eigenvalue weighted by Crippen LogP contribution is -2.34. The normalized spacial score (nSPS) is 16.5. The van der Waals surface area contributed by atoms with E-state index in [9.17, 15) is 23.1 Å². The molecule has 0 aromatic heterocycles. The Morgan fingerprint density at radius 2 is 1.57 bits per heavy atom. The number of rotatable bonds is 7. The first kappa shape index (κ1) is 27.1. The summed E-state index contributed by atoms with van der Waals surface area (Å²) in [5.41, 5.74) is 4.36. The summed E-state index contributed by atoms with van der Waals surface area (Å²) in [5.74, 6) is -1.33. The van der Waals surface area contributed by atoms with Crippen LogP contribution in [0.4, 0.5) is 18.9 Å². The van der Waals surface area contributed by atoms with Crippen LogP contribution in [0.1, 0.15) is 40.0 Å². The molecule has 0 aliphatic heterocycles. The van der Waals surface area contributed by atoms with Gasteiger partial charge in [0.05, 0.1) is 23.5 Å². The number of carbonyl (C=O) groups is 1. The summed E-state index contributed by atoms with van der Waals surface area (Å²) in [7, 11) is 0. The highest BCUT2D eigenvalue weighted by Gasteiger charge is 2.33. The number of aliphatic hydroxyl groups excluding tert-OH is 1. The van der Waals surface area contributed by atoms with Crippen LogP contribution in [0.25, 0.3) is 11.1 Å². The molecule has 0 bridgehead atoms. The molecule has 204 valence electrons. The zero-order chi connectivity index (χ0) is 28.2. The van der Waals surface area contributed by atoms with Crippen molar-refractivity contribution in [1.82, 2.24) is 5.32 Å². The van der Waals surface area contributed by atoms with E-state index in [1.807, 2.05) is 25.1 Å². The van der Waals surface area contributed by atoms with Crippen LogP contribution < -0.4 is 10.6 Å². The SMILES string of the molecule is CC(=NCCc1ccc(F)cc1)Nc1ccc2c(c1)[C@@H](NC(=O)c1ccc(-c3ccc(F)cc3)cc1F)[C@H](O)C2. The van der Waals surface area contributed by atoms with Crippen LogP contribution in [0.15, 0.2) is 89.9 Å². The quantitative estimate of drug-likeness (QED) is 0.191. The van der Waals surface area contributed by atoms with Gasteiger partial charge in [-0.15, -0.1) is 0 Å². The molecular weight excluding hydrogens is 515 g/mol. The zero-order valence-corrected chi connectivity index (χ0v) is 21.8. The van der Waals surface area contributed by atoms with E-state index in [4.69, 9.17) is 0 Å². The van der Waals surface area contributed by atoms with Crippen LogP contribution in [-0.4, -0.2) is 29.5 Å². The highest BCUT2D eigenvalue weighted by molar-refractivity contribution is 5.96. The Morgan fingerprint density at radius 1 is 0.900 bits per heavy atom. The van der Waals surface area contributed by atoms with Crippen molar-refractivity contribution in [1.29, 1.82) is 0 Å². The molecule has 5 rings (SSSR count). The van der Waals surface area contributed by atoms with Gasteiger partial charge >= 0.3 is 0 Å². The third-order valence-corrected chi connectivity index (χ3v) is 6.96. The number of hydrogen-bond donors (Lipinski definition) is 3. The number of fused-ring (bicyclic) bond motifs is 1. The van der Waals surface area contributed by atoms with Crippen molar-refractivity contribution in [3.63, 3.8) is 0 Å². The largest absolute Gasteiger partial charge is 0.390 e. The minimum absolute atomic E-state index is 0.148. The van der Waals surface area contributed by atoms with E-state index in [2.05, 4.69) is 15.6 Å². The van der Waals surface area contributed by atoms with Gasteiger partial charge in [0.1, 0.15) is 17.5 Å². The van der Waals surface area contributed by atoms with E-state index in [0.717, 1.165) is 22.4 Å². The standard InChI is InChI=1S/C32H28F3N3O2/c1-19(36-15-14-20-2-8-24(33)9-3-20)37-26-12-6-23-17-30(39)31(28(23)18-26)38-32(40)27-13-7-22(16-29(27)35)21-4-10-25(34)11-5-21/h2-13,16,18,30-31,39H,14-15,17H2,1H3,(H,36,37)(H,38,40)/t30-,31-/m1/s1. The van der Waals surface area contributed by atoms with Crippen molar-refractivity contribution in [3.8, 4) is 11.1 Å². The summed E-state index contributed by atoms with van der Waals surface area (Å²) in [6.07, 6.45) is 0.170. The molecule has 2 atom stereocenters. The zero-order valence-electron chi connectivity index (χ0n) is 21.8. The number of nitrogens with one attached hydrogen (secondary N) is 2. The van der Waals surface area contributed by atoms with Crippen LogP contribution >= 0.6 is 0 Å². The number of anilines is 1. The lowest BCUT2D eigenvalue weighted by Gasteiger charge is -2.19. The number of amides is 1. The number of halogens is 3. The predicted octanol–water partition coefficient (Wildman–Crippen LogP) is 6.23. The molecule has 8 heteroatoms. The van der Waals surface area contributed by atoms with Crippen LogP contribution in [-0.2, 0) is 12.8 Å². The van der Waals surface area contributed by atoms with Gasteiger partial charge in [-0.25, -0.2) is 13.2 Å². The van der Waals surface area contributed by atoms with E-state index in [-0.39, 0.29) is 11.4 Å². The number of aliphatic hydroxyl groups is 1. The smallest absolute Gasteiger partial charge is 0.254 e. The molecule has 4 aromatic carbocycles. The Kier molecular flexibility index (Phi) is 7.98. The van der Waals surface area contributed by atoms with Crippen molar-refractivity contribution >= 4 is 17.4 Å². The third kappa shape index (κ3) is 6.24. The van der Waals surface area contributed by atoms with Crippen molar-refractivity contribution in [2.24, 2.45) is 4.99 Å². The maximum Gasteiger partial charge on any atom is 0.254 e. The molecule has 0 saturated carbocycles. The molecule has 0 fully saturated rings. The number of hydrogen-bond acceptors (Lipinski definition) is 3. The molecule has 0 radical (unpaired) electrons. The van der Waals surface area contributed by atoms with Gasteiger partial charge in [-0.1, -0.05) is 36.4 Å². The summed E-state index contributed by atoms with van der Waals surface area (Å²) in [4.78, 5) is 17.5. The average molecular weight is 544 g/mol. The summed E-state index contributed by atoms with van der Waals surface area (Å²) in [6, 6.07) is 21.1. The van der Waals surface area contributed by atoms with Crippen molar-refractivity contribution in [2.75, 3.05) is 11.9 Å². The highest BCUT2D eigenvalue weighted by atomic mass is 19.1. The number of benzene rings is 4. The third-order valence-electron chi connectivity index (χ3n) is 6.96. The molecular formula is C32H28F3N3O2. The van der Waals surface area contributed by atoms with Gasteiger partial charge in [-0.2, -0.15) is 0 Å². The topological polar surface area (TPSA) is 73.7 Å². The molecule has 0 saturated heterocycles. The second kappa shape index (κ2) is 11.8. The molecule has 4 aromatic rings. The van der Waals surface area contributed by atoms with Gasteiger partial charge in [-0.05, 0) is 89.7 Å². The molecule has 3 N–H and O–H groups in total. The van der Waals surface area contributed by atoms with Gasteiger partial charge < -0.3 is 15.7 Å². The minimum Gasteiger partial charge on any atom is -0.390 e. The lowest BCUT2D eigenvalue weighted by atomic mass is 10.0. The fraction of sp³-hybridized carbons (Fsp3) is 0.188. The Morgan fingerprint density at radius 3 is 2.27 bits per heavy atom. The van der Waals surface area contributed by atoms with E-state index >= 15 is 0 Å². The summed E-state index contributed by atoms with van der Waals surface area (Å²) >= 11 is 0. The molecule has 1 amide bonds. The van der Waals surface area contributed by atoms with Gasteiger partial charge in [0, 0.05) is 18.7 Å². The molecule has 1 aliphatic carbocycles. The van der Waals surface area contributed by atoms with E-state index < -0.39 is 29.7 Å². The molecule has 0 unspecified atom stereocenters. The fourth-order valence-corrected chi connectivity index (χ4v) is 4.86. The van der Waals surface area contributed by atoms with Gasteiger partial charge in [0.25, 0.3) is 5.91 Å². The van der Waals surface area contributed by atoms with Crippen LogP contribution in [0.5, 0.6) is 0 Å². The lowest BCUT2D eigenvalue weighted by molar-refractivity contribution is 0.0854. The Labute approximate surface area is 230 Å². The maximum absolute atomic E-state index is 14.9. The minimum atomic E-state index is -0.860. The fourth-order valence-electron chi connectivity index (χ4n) is 4.86. The van der Waals surface area contributed by atoms with Crippen molar-refractivity contribution in [2.45, 2.75) is 31.9 Å². The highest BCUT2D eigenvalue weighted by Crippen LogP contribution is 2.34. The average Bonchev–Trinajstić information content (AvgIpc) is 3.24. The second-order valence-electron chi connectivity index (χ2n) is 9.81. The monoisotopic (exact) mass is 543 g/mol. The number of nitrogens with zero attached hydrogens (tertiary/aromatic N) is 1. The van der Waals surface area contributed by atoms with E-state index in [1.54, 1.807) is 30.3 Å². The summed E-state index contributed by atoms with van der Waals surface area (Å²) in [5, 5.41) is 16.7. The van der Waals surface area contributed by atoms with Gasteiger partial charge in [0.15, 0.2) is 0 Å². The molecule has 1 aliphatic rings. The van der Waals surface area contributed by atoms with Crippen molar-refractivity contribution < 1.29 is 23.1 Å². The van der Waals surface area contributed by atoms with E-state index in [0.29, 0.717) is 36.3 Å². The van der Waals surface area contributed by atoms with Gasteiger partial charge in [0.2, 0.25) is 0 Å². The Balaban J connectivity index is 1.26. The predicted molar refractivity (Wildman–Crippen MR) is 150 cm³/mol. The van der Waals surface area contributed by atoms with Crippen LogP contribution in [0.3, 0.4) is 0 Å². The first-order chi connectivity index (χ1) is 19.3. The van der Waals surface area contributed by atoms with Crippen LogP contribution in [0.2, 0.25) is 0 Å². The van der Waals surface area contributed by atoms with E-state index in [1.165, 1.54) is 36.4 Å². The molecule has 0 spiro atoms. The Hall–Kier alpha value is -4.43. The molecule has 40 heavy (non-hydrogen) atoms. The molecule has 5 nitrogen and oxygen atoms in total. The second-order valence-corrected chi connectivity index (χ2v) is 9.81.